The van der Waals surface area contributed by atoms with Gasteiger partial charge in [-0.1, -0.05) is 29.8 Å². The van der Waals surface area contributed by atoms with Crippen LogP contribution in [0.15, 0.2) is 41.3 Å². The first kappa shape index (κ1) is 23.6. The second kappa shape index (κ2) is 11.0. The highest BCUT2D eigenvalue weighted by molar-refractivity contribution is 14.1. The Kier molecular flexibility index (Phi) is 8.39. The van der Waals surface area contributed by atoms with E-state index in [9.17, 15) is 9.59 Å². The number of hydrogen-bond donors (Lipinski definition) is 0. The summed E-state index contributed by atoms with van der Waals surface area (Å²) in [6.07, 6.45) is 1.72. The summed E-state index contributed by atoms with van der Waals surface area (Å²) in [4.78, 5) is 26.3. The second-order valence-corrected chi connectivity index (χ2v) is 9.02. The highest BCUT2D eigenvalue weighted by Crippen LogP contribution is 2.37. The molecular formula is C23H24INO5S. The molecule has 0 spiro atoms. The predicted molar refractivity (Wildman–Crippen MR) is 130 cm³/mol. The van der Waals surface area contributed by atoms with Crippen LogP contribution in [0.2, 0.25) is 0 Å². The predicted octanol–water partition coefficient (Wildman–Crippen LogP) is 5.26. The highest BCUT2D eigenvalue weighted by atomic mass is 127. The minimum atomic E-state index is -0.306. The van der Waals surface area contributed by atoms with Crippen LogP contribution in [-0.2, 0) is 16.1 Å². The van der Waals surface area contributed by atoms with Gasteiger partial charge >= 0.3 is 0 Å². The van der Waals surface area contributed by atoms with Gasteiger partial charge in [0.15, 0.2) is 11.5 Å². The fourth-order valence-corrected chi connectivity index (χ4v) is 4.70. The first-order valence-corrected chi connectivity index (χ1v) is 11.7. The lowest BCUT2D eigenvalue weighted by Crippen LogP contribution is -2.31. The van der Waals surface area contributed by atoms with Crippen molar-refractivity contribution in [2.75, 3.05) is 26.9 Å². The summed E-state index contributed by atoms with van der Waals surface area (Å²) in [5, 5.41) is -0.286. The van der Waals surface area contributed by atoms with Gasteiger partial charge in [0.1, 0.15) is 6.61 Å². The van der Waals surface area contributed by atoms with Crippen LogP contribution in [-0.4, -0.2) is 42.9 Å². The fraction of sp³-hybridized carbons (Fsp3) is 0.304. The molecule has 1 saturated heterocycles. The standard InChI is InChI=1S/C23H24INO5S/c1-4-29-19-12-17(13-20-22(26)25(8-9-28-3)23(27)31-20)11-18(24)21(19)30-14-16-7-5-6-15(2)10-16/h5-7,10-13H,4,8-9,14H2,1-3H3/b20-13+. The van der Waals surface area contributed by atoms with E-state index < -0.39 is 0 Å². The second-order valence-electron chi connectivity index (χ2n) is 6.87. The van der Waals surface area contributed by atoms with Crippen molar-refractivity contribution in [1.82, 2.24) is 4.90 Å². The largest absolute Gasteiger partial charge is 0.490 e. The van der Waals surface area contributed by atoms with Crippen molar-refractivity contribution in [1.29, 1.82) is 0 Å². The third-order valence-electron chi connectivity index (χ3n) is 4.49. The Bertz CT molecular complexity index is 1010. The van der Waals surface area contributed by atoms with Crippen LogP contribution in [0.5, 0.6) is 11.5 Å². The minimum Gasteiger partial charge on any atom is -0.490 e. The number of ether oxygens (including phenoxy) is 3. The van der Waals surface area contributed by atoms with Crippen molar-refractivity contribution in [3.05, 3.63) is 61.6 Å². The molecule has 0 unspecified atom stereocenters. The van der Waals surface area contributed by atoms with Crippen molar-refractivity contribution in [3.63, 3.8) is 0 Å². The Balaban J connectivity index is 1.83. The van der Waals surface area contributed by atoms with Crippen LogP contribution >= 0.6 is 34.4 Å². The number of aryl methyl sites for hydroxylation is 1. The number of nitrogens with zero attached hydrogens (tertiary/aromatic N) is 1. The van der Waals surface area contributed by atoms with Gasteiger partial charge in [-0.15, -0.1) is 0 Å². The SMILES string of the molecule is CCOc1cc(/C=C2/SC(=O)N(CCOC)C2=O)cc(I)c1OCc1cccc(C)c1. The third-order valence-corrected chi connectivity index (χ3v) is 6.20. The van der Waals surface area contributed by atoms with Gasteiger partial charge in [-0.25, -0.2) is 0 Å². The Labute approximate surface area is 200 Å². The Hall–Kier alpha value is -2.04. The maximum absolute atomic E-state index is 12.6. The molecule has 0 radical (unpaired) electrons. The molecule has 2 aromatic carbocycles. The van der Waals surface area contributed by atoms with Gasteiger partial charge < -0.3 is 14.2 Å². The van der Waals surface area contributed by atoms with E-state index in [-0.39, 0.29) is 17.7 Å². The minimum absolute atomic E-state index is 0.242. The van der Waals surface area contributed by atoms with Gasteiger partial charge in [0.2, 0.25) is 0 Å². The summed E-state index contributed by atoms with van der Waals surface area (Å²) in [6.45, 7) is 5.41. The van der Waals surface area contributed by atoms with Gasteiger partial charge in [0, 0.05) is 7.11 Å². The van der Waals surface area contributed by atoms with Crippen molar-refractivity contribution in [2.45, 2.75) is 20.5 Å². The number of carbonyl (C=O) groups excluding carboxylic acids is 2. The lowest BCUT2D eigenvalue weighted by Gasteiger charge is -2.15. The van der Waals surface area contributed by atoms with E-state index >= 15 is 0 Å². The maximum atomic E-state index is 12.6. The number of amides is 2. The Morgan fingerprint density at radius 1 is 1.16 bits per heavy atom. The Morgan fingerprint density at radius 3 is 2.68 bits per heavy atom. The zero-order valence-corrected chi connectivity index (χ0v) is 20.6. The van der Waals surface area contributed by atoms with Crippen molar-refractivity contribution < 1.29 is 23.8 Å². The van der Waals surface area contributed by atoms with Crippen molar-refractivity contribution in [2.24, 2.45) is 0 Å². The summed E-state index contributed by atoms with van der Waals surface area (Å²) in [5.41, 5.74) is 3.02. The normalized spacial score (nSPS) is 15.1. The molecule has 8 heteroatoms. The summed E-state index contributed by atoms with van der Waals surface area (Å²) >= 11 is 3.13. The number of methoxy groups -OCH3 is 1. The molecule has 0 bridgehead atoms. The summed E-state index contributed by atoms with van der Waals surface area (Å²) in [6, 6.07) is 11.9. The first-order valence-electron chi connectivity index (χ1n) is 9.82. The van der Waals surface area contributed by atoms with Gasteiger partial charge in [-0.3, -0.25) is 14.5 Å². The molecule has 1 aliphatic rings. The molecular weight excluding hydrogens is 529 g/mol. The lowest BCUT2D eigenvalue weighted by atomic mass is 10.1. The number of carbonyl (C=O) groups is 2. The molecule has 1 heterocycles. The molecule has 31 heavy (non-hydrogen) atoms. The van der Waals surface area contributed by atoms with E-state index in [1.165, 1.54) is 17.6 Å². The van der Waals surface area contributed by atoms with E-state index in [0.717, 1.165) is 26.5 Å². The quantitative estimate of drug-likeness (QED) is 0.312. The van der Waals surface area contributed by atoms with Crippen LogP contribution in [0.4, 0.5) is 4.79 Å². The van der Waals surface area contributed by atoms with Gasteiger partial charge in [0.25, 0.3) is 11.1 Å². The summed E-state index contributed by atoms with van der Waals surface area (Å²) < 4.78 is 17.7. The zero-order valence-electron chi connectivity index (χ0n) is 17.6. The van der Waals surface area contributed by atoms with Gasteiger partial charge in [0.05, 0.1) is 28.2 Å². The maximum Gasteiger partial charge on any atom is 0.293 e. The number of rotatable bonds is 9. The average molecular weight is 553 g/mol. The zero-order chi connectivity index (χ0) is 22.4. The fourth-order valence-electron chi connectivity index (χ4n) is 3.06. The molecule has 6 nitrogen and oxygen atoms in total. The number of hydrogen-bond acceptors (Lipinski definition) is 6. The lowest BCUT2D eigenvalue weighted by molar-refractivity contribution is -0.123. The summed E-state index contributed by atoms with van der Waals surface area (Å²) in [5.74, 6) is 0.959. The van der Waals surface area contributed by atoms with Gasteiger partial charge in [-0.05, 0) is 77.5 Å². The summed E-state index contributed by atoms with van der Waals surface area (Å²) in [7, 11) is 1.54. The number of halogens is 1. The van der Waals surface area contributed by atoms with Crippen LogP contribution < -0.4 is 9.47 Å². The van der Waals surface area contributed by atoms with Crippen LogP contribution in [0.3, 0.4) is 0 Å². The van der Waals surface area contributed by atoms with Crippen LogP contribution in [0.25, 0.3) is 6.08 Å². The van der Waals surface area contributed by atoms with Crippen LogP contribution in [0, 0.1) is 10.5 Å². The number of thioether (sulfide) groups is 1. The molecule has 0 saturated carbocycles. The molecule has 1 aliphatic heterocycles. The van der Waals surface area contributed by atoms with Crippen LogP contribution in [0.1, 0.15) is 23.6 Å². The number of benzene rings is 2. The molecule has 0 aliphatic carbocycles. The van der Waals surface area contributed by atoms with Crippen molar-refractivity contribution in [3.8, 4) is 11.5 Å². The van der Waals surface area contributed by atoms with E-state index in [2.05, 4.69) is 28.7 Å². The van der Waals surface area contributed by atoms with E-state index in [0.29, 0.717) is 36.2 Å². The third kappa shape index (κ3) is 6.02. The Morgan fingerprint density at radius 2 is 1.97 bits per heavy atom. The molecule has 2 amide bonds. The molecule has 3 rings (SSSR count). The first-order chi connectivity index (χ1) is 14.9. The number of imide groups is 1. The topological polar surface area (TPSA) is 65.1 Å². The molecule has 0 aromatic heterocycles. The van der Waals surface area contributed by atoms with Gasteiger partial charge in [-0.2, -0.15) is 0 Å². The van der Waals surface area contributed by atoms with E-state index in [1.807, 2.05) is 44.2 Å². The monoisotopic (exact) mass is 553 g/mol. The van der Waals surface area contributed by atoms with E-state index in [4.69, 9.17) is 14.2 Å². The molecule has 1 fully saturated rings. The average Bonchev–Trinajstić information content (AvgIpc) is 2.98. The highest BCUT2D eigenvalue weighted by Gasteiger charge is 2.34. The smallest absolute Gasteiger partial charge is 0.293 e. The van der Waals surface area contributed by atoms with E-state index in [1.54, 1.807) is 6.08 Å². The molecule has 164 valence electrons. The molecule has 2 aromatic rings. The molecule has 0 N–H and O–H groups in total. The van der Waals surface area contributed by atoms with Crippen molar-refractivity contribution >= 4 is 51.6 Å². The molecule has 0 atom stereocenters.